The van der Waals surface area contributed by atoms with Crippen LogP contribution >= 0.6 is 0 Å². The van der Waals surface area contributed by atoms with Crippen molar-refractivity contribution in [3.63, 3.8) is 0 Å². The van der Waals surface area contributed by atoms with E-state index in [1.54, 1.807) is 0 Å². The highest BCUT2D eigenvalue weighted by Gasteiger charge is 2.39. The monoisotopic (exact) mass is 222 g/mol. The van der Waals surface area contributed by atoms with Crippen LogP contribution in [0.2, 0.25) is 0 Å². The van der Waals surface area contributed by atoms with Crippen molar-refractivity contribution in [1.29, 1.82) is 0 Å². The number of hydrogen-bond acceptors (Lipinski definition) is 1. The zero-order chi connectivity index (χ0) is 11.6. The summed E-state index contributed by atoms with van der Waals surface area (Å²) in [6.07, 6.45) is 11.4. The van der Waals surface area contributed by atoms with Gasteiger partial charge in [0.2, 0.25) is 0 Å². The molecular formula is C14H22O2. The molecule has 1 spiro atoms. The average molecular weight is 222 g/mol. The standard InChI is InChI=1S/C14H22O2/c1-11(13(15)16)9-12-5-8-14(10-12)6-3-2-4-7-14/h12H,1-10H2,(H,15,16). The van der Waals surface area contributed by atoms with E-state index >= 15 is 0 Å². The molecule has 90 valence electrons. The smallest absolute Gasteiger partial charge is 0.330 e. The maximum atomic E-state index is 10.8. The third kappa shape index (κ3) is 2.47. The van der Waals surface area contributed by atoms with Crippen LogP contribution in [0.3, 0.4) is 0 Å². The average Bonchev–Trinajstić information content (AvgIpc) is 2.62. The lowest BCUT2D eigenvalue weighted by molar-refractivity contribution is -0.132. The summed E-state index contributed by atoms with van der Waals surface area (Å²) >= 11 is 0. The number of rotatable bonds is 3. The SMILES string of the molecule is C=C(CC1CCC2(CCCCC2)C1)C(=O)O. The maximum Gasteiger partial charge on any atom is 0.330 e. The second kappa shape index (κ2) is 4.60. The molecule has 0 saturated heterocycles. The molecule has 16 heavy (non-hydrogen) atoms. The van der Waals surface area contributed by atoms with Gasteiger partial charge in [0, 0.05) is 5.57 Å². The summed E-state index contributed by atoms with van der Waals surface area (Å²) in [4.78, 5) is 10.8. The van der Waals surface area contributed by atoms with Crippen LogP contribution in [0.25, 0.3) is 0 Å². The predicted octanol–water partition coefficient (Wildman–Crippen LogP) is 3.77. The Morgan fingerprint density at radius 1 is 1.25 bits per heavy atom. The van der Waals surface area contributed by atoms with Gasteiger partial charge in [-0.25, -0.2) is 4.79 Å². The van der Waals surface area contributed by atoms with Crippen LogP contribution in [0.1, 0.15) is 57.8 Å². The highest BCUT2D eigenvalue weighted by molar-refractivity contribution is 5.85. The Kier molecular flexibility index (Phi) is 3.36. The van der Waals surface area contributed by atoms with E-state index in [-0.39, 0.29) is 0 Å². The van der Waals surface area contributed by atoms with Crippen molar-refractivity contribution in [3.05, 3.63) is 12.2 Å². The summed E-state index contributed by atoms with van der Waals surface area (Å²) in [5.74, 6) is -0.230. The Bertz CT molecular complexity index is 287. The van der Waals surface area contributed by atoms with Gasteiger partial charge < -0.3 is 5.11 Å². The Morgan fingerprint density at radius 2 is 1.94 bits per heavy atom. The van der Waals surface area contributed by atoms with Crippen LogP contribution in [0.4, 0.5) is 0 Å². The molecule has 2 saturated carbocycles. The number of carboxylic acids is 1. The van der Waals surface area contributed by atoms with Crippen molar-refractivity contribution < 1.29 is 9.90 Å². The Hall–Kier alpha value is -0.790. The molecule has 1 unspecified atom stereocenters. The van der Waals surface area contributed by atoms with Crippen LogP contribution in [-0.4, -0.2) is 11.1 Å². The van der Waals surface area contributed by atoms with Gasteiger partial charge in [0.15, 0.2) is 0 Å². The molecular weight excluding hydrogens is 200 g/mol. The first-order valence-corrected chi connectivity index (χ1v) is 6.52. The zero-order valence-corrected chi connectivity index (χ0v) is 10.0. The van der Waals surface area contributed by atoms with Crippen LogP contribution < -0.4 is 0 Å². The van der Waals surface area contributed by atoms with E-state index in [2.05, 4.69) is 6.58 Å². The number of aliphatic carboxylic acids is 1. The summed E-state index contributed by atoms with van der Waals surface area (Å²) < 4.78 is 0. The number of carbonyl (C=O) groups is 1. The van der Waals surface area contributed by atoms with Crippen molar-refractivity contribution in [2.75, 3.05) is 0 Å². The number of carboxylic acid groups (broad SMARTS) is 1. The van der Waals surface area contributed by atoms with E-state index < -0.39 is 5.97 Å². The third-order valence-electron chi connectivity index (χ3n) is 4.56. The minimum Gasteiger partial charge on any atom is -0.478 e. The van der Waals surface area contributed by atoms with Crippen LogP contribution in [0.15, 0.2) is 12.2 Å². The normalized spacial score (nSPS) is 28.1. The van der Waals surface area contributed by atoms with Gasteiger partial charge in [-0.05, 0) is 49.9 Å². The zero-order valence-electron chi connectivity index (χ0n) is 10.0. The molecule has 2 rings (SSSR count). The Balaban J connectivity index is 1.87. The molecule has 0 bridgehead atoms. The predicted molar refractivity (Wildman–Crippen MR) is 64.3 cm³/mol. The summed E-state index contributed by atoms with van der Waals surface area (Å²) in [6.45, 7) is 3.65. The summed E-state index contributed by atoms with van der Waals surface area (Å²) in [5, 5.41) is 8.84. The summed E-state index contributed by atoms with van der Waals surface area (Å²) in [7, 11) is 0. The van der Waals surface area contributed by atoms with Gasteiger partial charge in [0.05, 0.1) is 0 Å². The number of hydrogen-bond donors (Lipinski definition) is 1. The van der Waals surface area contributed by atoms with E-state index in [0.717, 1.165) is 0 Å². The topological polar surface area (TPSA) is 37.3 Å². The molecule has 2 fully saturated rings. The fourth-order valence-corrected chi connectivity index (χ4v) is 3.69. The van der Waals surface area contributed by atoms with Gasteiger partial charge >= 0.3 is 5.97 Å². The van der Waals surface area contributed by atoms with E-state index in [1.807, 2.05) is 0 Å². The molecule has 0 heterocycles. The first-order chi connectivity index (χ1) is 7.61. The molecule has 0 aromatic carbocycles. The second-order valence-corrected chi connectivity index (χ2v) is 5.78. The van der Waals surface area contributed by atoms with Gasteiger partial charge in [-0.2, -0.15) is 0 Å². The highest BCUT2D eigenvalue weighted by Crippen LogP contribution is 2.52. The Morgan fingerprint density at radius 3 is 2.56 bits per heavy atom. The van der Waals surface area contributed by atoms with Crippen molar-refractivity contribution in [2.45, 2.75) is 57.8 Å². The minimum absolute atomic E-state index is 0.401. The molecule has 2 aliphatic carbocycles. The van der Waals surface area contributed by atoms with Crippen LogP contribution in [0.5, 0.6) is 0 Å². The van der Waals surface area contributed by atoms with Gasteiger partial charge in [-0.3, -0.25) is 0 Å². The molecule has 2 nitrogen and oxygen atoms in total. The lowest BCUT2D eigenvalue weighted by atomic mass is 9.72. The Labute approximate surface area is 97.7 Å². The van der Waals surface area contributed by atoms with Crippen molar-refractivity contribution in [2.24, 2.45) is 11.3 Å². The summed E-state index contributed by atoms with van der Waals surface area (Å²) in [6, 6.07) is 0. The minimum atomic E-state index is -0.815. The van der Waals surface area contributed by atoms with Gasteiger partial charge in [-0.1, -0.05) is 25.8 Å². The summed E-state index contributed by atoms with van der Waals surface area (Å²) in [5.41, 5.74) is 0.986. The van der Waals surface area contributed by atoms with Crippen LogP contribution in [-0.2, 0) is 4.79 Å². The lowest BCUT2D eigenvalue weighted by Crippen LogP contribution is -2.20. The van der Waals surface area contributed by atoms with Gasteiger partial charge in [0.1, 0.15) is 0 Å². The molecule has 1 atom stereocenters. The van der Waals surface area contributed by atoms with Gasteiger partial charge in [-0.15, -0.1) is 0 Å². The molecule has 0 aromatic heterocycles. The first kappa shape index (κ1) is 11.7. The highest BCUT2D eigenvalue weighted by atomic mass is 16.4. The molecule has 2 heteroatoms. The largest absolute Gasteiger partial charge is 0.478 e. The quantitative estimate of drug-likeness (QED) is 0.738. The van der Waals surface area contributed by atoms with Crippen LogP contribution in [0, 0.1) is 11.3 Å². The molecule has 1 N–H and O–H groups in total. The second-order valence-electron chi connectivity index (χ2n) is 5.78. The molecule has 2 aliphatic rings. The third-order valence-corrected chi connectivity index (χ3v) is 4.56. The van der Waals surface area contributed by atoms with E-state index in [0.29, 0.717) is 23.3 Å². The fourth-order valence-electron chi connectivity index (χ4n) is 3.69. The first-order valence-electron chi connectivity index (χ1n) is 6.52. The lowest BCUT2D eigenvalue weighted by Gasteiger charge is -2.33. The molecule has 0 amide bonds. The van der Waals surface area contributed by atoms with Crippen molar-refractivity contribution >= 4 is 5.97 Å². The van der Waals surface area contributed by atoms with Crippen molar-refractivity contribution in [1.82, 2.24) is 0 Å². The van der Waals surface area contributed by atoms with E-state index in [4.69, 9.17) is 5.11 Å². The van der Waals surface area contributed by atoms with Crippen molar-refractivity contribution in [3.8, 4) is 0 Å². The van der Waals surface area contributed by atoms with E-state index in [1.165, 1.54) is 51.4 Å². The van der Waals surface area contributed by atoms with Gasteiger partial charge in [0.25, 0.3) is 0 Å². The molecule has 0 aliphatic heterocycles. The molecule has 0 radical (unpaired) electrons. The maximum absolute atomic E-state index is 10.8. The molecule has 0 aromatic rings. The fraction of sp³-hybridized carbons (Fsp3) is 0.786. The van der Waals surface area contributed by atoms with E-state index in [9.17, 15) is 4.79 Å².